The van der Waals surface area contributed by atoms with Crippen LogP contribution in [0.1, 0.15) is 36.3 Å². The van der Waals surface area contributed by atoms with E-state index in [0.29, 0.717) is 19.6 Å². The number of likely N-dealkylation sites (tertiary alicyclic amines) is 1. The zero-order valence-corrected chi connectivity index (χ0v) is 18.1. The Morgan fingerprint density at radius 1 is 1.19 bits per heavy atom. The molecule has 166 valence electrons. The third-order valence-corrected chi connectivity index (χ3v) is 6.33. The molecule has 2 aromatic heterocycles. The molecular formula is C23H30N4O4. The quantitative estimate of drug-likeness (QED) is 0.673. The molecule has 8 nitrogen and oxygen atoms in total. The van der Waals surface area contributed by atoms with Gasteiger partial charge >= 0.3 is 0 Å². The molecule has 0 aromatic carbocycles. The van der Waals surface area contributed by atoms with Gasteiger partial charge in [-0.1, -0.05) is 6.07 Å². The second-order valence-corrected chi connectivity index (χ2v) is 8.75. The Kier molecular flexibility index (Phi) is 6.27. The fourth-order valence-corrected chi connectivity index (χ4v) is 4.86. The number of nitrogens with zero attached hydrogens (tertiary/aromatic N) is 3. The number of hydrogen-bond donors (Lipinski definition) is 1. The van der Waals surface area contributed by atoms with Crippen LogP contribution in [0.3, 0.4) is 0 Å². The molecule has 2 amide bonds. The van der Waals surface area contributed by atoms with Crippen LogP contribution in [0, 0.1) is 5.92 Å². The SMILES string of the molecule is CN(C)C(=O)CN1C[C@H]2C[C@@H](C1)[C@H](C(=O)NCCCc1ccco1)n1c2cccc1=O. The number of amides is 2. The van der Waals surface area contributed by atoms with Crippen LogP contribution in [0.25, 0.3) is 0 Å². The van der Waals surface area contributed by atoms with Crippen molar-refractivity contribution in [1.82, 2.24) is 19.7 Å². The molecule has 0 saturated carbocycles. The topological polar surface area (TPSA) is 87.8 Å². The molecule has 0 unspecified atom stereocenters. The molecule has 0 spiro atoms. The van der Waals surface area contributed by atoms with Crippen molar-refractivity contribution in [1.29, 1.82) is 0 Å². The second-order valence-electron chi connectivity index (χ2n) is 8.75. The summed E-state index contributed by atoms with van der Waals surface area (Å²) in [5.41, 5.74) is 0.752. The monoisotopic (exact) mass is 426 g/mol. The lowest BCUT2D eigenvalue weighted by atomic mass is 9.78. The standard InChI is InChI=1S/C23H30N4O4/c1-25(2)21(29)15-26-13-16-12-17(14-26)22(27-19(16)8-3-9-20(27)28)23(30)24-10-4-6-18-7-5-11-31-18/h3,5,7-9,11,16-17,22H,4,6,10,12-15H2,1-2H3,(H,24,30)/t16-,17+,22-/m1/s1. The molecule has 8 heteroatoms. The Labute approximate surface area is 181 Å². The molecule has 1 saturated heterocycles. The maximum Gasteiger partial charge on any atom is 0.251 e. The van der Waals surface area contributed by atoms with Crippen LogP contribution in [0.5, 0.6) is 0 Å². The number of aryl methyl sites for hydroxylation is 1. The van der Waals surface area contributed by atoms with Gasteiger partial charge in [-0.05, 0) is 31.0 Å². The lowest BCUT2D eigenvalue weighted by Crippen LogP contribution is -2.54. The van der Waals surface area contributed by atoms with Gasteiger partial charge in [0.05, 0.1) is 12.8 Å². The first-order valence-electron chi connectivity index (χ1n) is 10.9. The number of nitrogens with one attached hydrogen (secondary N) is 1. The van der Waals surface area contributed by atoms with Gasteiger partial charge < -0.3 is 14.6 Å². The van der Waals surface area contributed by atoms with Crippen molar-refractivity contribution in [3.63, 3.8) is 0 Å². The number of hydrogen-bond acceptors (Lipinski definition) is 5. The number of carbonyl (C=O) groups excluding carboxylic acids is 2. The number of likely N-dealkylation sites (N-methyl/N-ethyl adjacent to an activating group) is 1. The van der Waals surface area contributed by atoms with Crippen molar-refractivity contribution >= 4 is 11.8 Å². The highest BCUT2D eigenvalue weighted by Gasteiger charge is 2.43. The normalized spacial score (nSPS) is 22.6. The van der Waals surface area contributed by atoms with Crippen LogP contribution in [-0.2, 0) is 16.0 Å². The molecule has 1 N–H and O–H groups in total. The average Bonchev–Trinajstić information content (AvgIpc) is 3.25. The van der Waals surface area contributed by atoms with Crippen molar-refractivity contribution in [2.75, 3.05) is 40.3 Å². The largest absolute Gasteiger partial charge is 0.469 e. The predicted molar refractivity (Wildman–Crippen MR) is 116 cm³/mol. The molecule has 2 aliphatic rings. The second kappa shape index (κ2) is 9.09. The van der Waals surface area contributed by atoms with E-state index in [1.54, 1.807) is 35.9 Å². The first-order valence-corrected chi connectivity index (χ1v) is 10.9. The van der Waals surface area contributed by atoms with Gasteiger partial charge in [-0.3, -0.25) is 23.9 Å². The van der Waals surface area contributed by atoms with E-state index in [4.69, 9.17) is 4.42 Å². The summed E-state index contributed by atoms with van der Waals surface area (Å²) < 4.78 is 7.02. The van der Waals surface area contributed by atoms with Crippen molar-refractivity contribution < 1.29 is 14.0 Å². The van der Waals surface area contributed by atoms with Gasteiger partial charge in [-0.2, -0.15) is 0 Å². The summed E-state index contributed by atoms with van der Waals surface area (Å²) in [6.45, 7) is 2.19. The molecule has 0 radical (unpaired) electrons. The number of rotatable bonds is 7. The molecule has 2 aromatic rings. The Balaban J connectivity index is 1.50. The Morgan fingerprint density at radius 3 is 2.77 bits per heavy atom. The lowest BCUT2D eigenvalue weighted by molar-refractivity contribution is -0.131. The predicted octanol–water partition coefficient (Wildman–Crippen LogP) is 1.24. The molecule has 1 fully saturated rings. The molecule has 3 atom stereocenters. The maximum absolute atomic E-state index is 13.2. The Bertz CT molecular complexity index is 982. The highest BCUT2D eigenvalue weighted by atomic mass is 16.3. The van der Waals surface area contributed by atoms with E-state index in [1.165, 1.54) is 6.07 Å². The van der Waals surface area contributed by atoms with E-state index in [-0.39, 0.29) is 29.2 Å². The van der Waals surface area contributed by atoms with E-state index in [9.17, 15) is 14.4 Å². The molecule has 2 bridgehead atoms. The van der Waals surface area contributed by atoms with Crippen LogP contribution in [0.15, 0.2) is 45.8 Å². The summed E-state index contributed by atoms with van der Waals surface area (Å²) in [7, 11) is 3.50. The molecular weight excluding hydrogens is 396 g/mol. The van der Waals surface area contributed by atoms with E-state index in [0.717, 1.165) is 37.3 Å². The van der Waals surface area contributed by atoms with Crippen molar-refractivity contribution in [3.05, 3.63) is 58.4 Å². The van der Waals surface area contributed by atoms with Gasteiger partial charge in [0.15, 0.2) is 0 Å². The van der Waals surface area contributed by atoms with E-state index < -0.39 is 6.04 Å². The number of aromatic nitrogens is 1. The van der Waals surface area contributed by atoms with Gasteiger partial charge in [-0.25, -0.2) is 0 Å². The van der Waals surface area contributed by atoms with Crippen molar-refractivity contribution in [2.24, 2.45) is 5.92 Å². The minimum absolute atomic E-state index is 0.00798. The van der Waals surface area contributed by atoms with E-state index in [2.05, 4.69) is 10.2 Å². The van der Waals surface area contributed by atoms with Gasteiger partial charge in [0.1, 0.15) is 11.8 Å². The smallest absolute Gasteiger partial charge is 0.251 e. The van der Waals surface area contributed by atoms with E-state index in [1.807, 2.05) is 18.2 Å². The molecule has 4 rings (SSSR count). The molecule has 0 aliphatic carbocycles. The Hall–Kier alpha value is -2.87. The fraction of sp³-hybridized carbons (Fsp3) is 0.522. The van der Waals surface area contributed by atoms with E-state index >= 15 is 0 Å². The molecule has 31 heavy (non-hydrogen) atoms. The minimum Gasteiger partial charge on any atom is -0.469 e. The number of furan rings is 1. The summed E-state index contributed by atoms with van der Waals surface area (Å²) in [5, 5.41) is 3.03. The third-order valence-electron chi connectivity index (χ3n) is 6.33. The van der Waals surface area contributed by atoms with Gasteiger partial charge in [0.2, 0.25) is 11.8 Å². The first kappa shape index (κ1) is 21.4. The zero-order chi connectivity index (χ0) is 22.0. The Morgan fingerprint density at radius 2 is 2.03 bits per heavy atom. The van der Waals surface area contributed by atoms with Gasteiger partial charge in [-0.15, -0.1) is 0 Å². The highest BCUT2D eigenvalue weighted by Crippen LogP contribution is 2.41. The summed E-state index contributed by atoms with van der Waals surface area (Å²) in [4.78, 5) is 41.9. The average molecular weight is 427 g/mol. The zero-order valence-electron chi connectivity index (χ0n) is 18.1. The number of pyridine rings is 1. The fourth-order valence-electron chi connectivity index (χ4n) is 4.86. The van der Waals surface area contributed by atoms with Crippen LogP contribution < -0.4 is 10.9 Å². The maximum atomic E-state index is 13.2. The number of piperidine rings is 1. The van der Waals surface area contributed by atoms with Crippen molar-refractivity contribution in [2.45, 2.75) is 31.2 Å². The third kappa shape index (κ3) is 4.58. The molecule has 4 heterocycles. The van der Waals surface area contributed by atoms with Crippen LogP contribution >= 0.6 is 0 Å². The van der Waals surface area contributed by atoms with Crippen molar-refractivity contribution in [3.8, 4) is 0 Å². The van der Waals surface area contributed by atoms with Crippen LogP contribution in [-0.4, -0.2) is 66.5 Å². The lowest BCUT2D eigenvalue weighted by Gasteiger charge is -2.46. The summed E-state index contributed by atoms with van der Waals surface area (Å²) in [6.07, 6.45) is 4.01. The number of fused-ring (bicyclic) bond motifs is 4. The minimum atomic E-state index is -0.555. The number of carbonyl (C=O) groups is 2. The summed E-state index contributed by atoms with van der Waals surface area (Å²) in [5.74, 6) is 0.949. The first-order chi connectivity index (χ1) is 14.9. The molecule has 2 aliphatic heterocycles. The van der Waals surface area contributed by atoms with Gasteiger partial charge in [0.25, 0.3) is 5.56 Å². The van der Waals surface area contributed by atoms with Gasteiger partial charge in [0, 0.05) is 63.7 Å². The summed E-state index contributed by atoms with van der Waals surface area (Å²) in [6, 6.07) is 8.44. The van der Waals surface area contributed by atoms with Crippen LogP contribution in [0.4, 0.5) is 0 Å². The van der Waals surface area contributed by atoms with Crippen LogP contribution in [0.2, 0.25) is 0 Å². The highest BCUT2D eigenvalue weighted by molar-refractivity contribution is 5.81. The summed E-state index contributed by atoms with van der Waals surface area (Å²) >= 11 is 0.